The zero-order valence-corrected chi connectivity index (χ0v) is 12.5. The Balaban J connectivity index is 2.10. The van der Waals surface area contributed by atoms with Crippen molar-refractivity contribution in [1.29, 1.82) is 0 Å². The van der Waals surface area contributed by atoms with Gasteiger partial charge in [-0.2, -0.15) is 5.10 Å². The maximum absolute atomic E-state index is 12.1. The summed E-state index contributed by atoms with van der Waals surface area (Å²) in [7, 11) is 1.53. The number of benzene rings is 2. The highest BCUT2D eigenvalue weighted by molar-refractivity contribution is 6.33. The van der Waals surface area contributed by atoms with Crippen molar-refractivity contribution in [1.82, 2.24) is 5.43 Å². The SMILES string of the molecule is COc1cc(C)ccc1C(=O)N/N=C\c1ccccc1Cl. The molecule has 108 valence electrons. The van der Waals surface area contributed by atoms with Gasteiger partial charge in [0.25, 0.3) is 5.91 Å². The van der Waals surface area contributed by atoms with Gasteiger partial charge in [-0.3, -0.25) is 4.79 Å². The van der Waals surface area contributed by atoms with E-state index >= 15 is 0 Å². The highest BCUT2D eigenvalue weighted by Crippen LogP contribution is 2.19. The minimum absolute atomic E-state index is 0.338. The van der Waals surface area contributed by atoms with Crippen molar-refractivity contribution >= 4 is 23.7 Å². The van der Waals surface area contributed by atoms with Gasteiger partial charge < -0.3 is 4.74 Å². The second-order valence-electron chi connectivity index (χ2n) is 4.42. The van der Waals surface area contributed by atoms with Crippen LogP contribution in [0.5, 0.6) is 5.75 Å². The lowest BCUT2D eigenvalue weighted by molar-refractivity contribution is 0.0952. The molecule has 2 aromatic carbocycles. The molecule has 0 aliphatic heterocycles. The van der Waals surface area contributed by atoms with E-state index in [2.05, 4.69) is 10.5 Å². The van der Waals surface area contributed by atoms with Gasteiger partial charge in [-0.25, -0.2) is 5.43 Å². The lowest BCUT2D eigenvalue weighted by Crippen LogP contribution is -2.18. The van der Waals surface area contributed by atoms with Crippen molar-refractivity contribution in [2.45, 2.75) is 6.92 Å². The Morgan fingerprint density at radius 3 is 2.76 bits per heavy atom. The fourth-order valence-corrected chi connectivity index (χ4v) is 1.97. The summed E-state index contributed by atoms with van der Waals surface area (Å²) in [5.74, 6) is 0.176. The molecule has 21 heavy (non-hydrogen) atoms. The average Bonchev–Trinajstić information content (AvgIpc) is 2.48. The van der Waals surface area contributed by atoms with Gasteiger partial charge in [0, 0.05) is 10.6 Å². The van der Waals surface area contributed by atoms with E-state index in [1.54, 1.807) is 18.2 Å². The van der Waals surface area contributed by atoms with Gasteiger partial charge in [-0.15, -0.1) is 0 Å². The van der Waals surface area contributed by atoms with Crippen molar-refractivity contribution in [3.8, 4) is 5.75 Å². The van der Waals surface area contributed by atoms with Crippen LogP contribution < -0.4 is 10.2 Å². The molecule has 0 unspecified atom stereocenters. The number of methoxy groups -OCH3 is 1. The van der Waals surface area contributed by atoms with Crippen molar-refractivity contribution in [3.63, 3.8) is 0 Å². The van der Waals surface area contributed by atoms with Gasteiger partial charge in [0.2, 0.25) is 0 Å². The quantitative estimate of drug-likeness (QED) is 0.695. The summed E-state index contributed by atoms with van der Waals surface area (Å²) < 4.78 is 5.20. The summed E-state index contributed by atoms with van der Waals surface area (Å²) >= 11 is 6.00. The summed E-state index contributed by atoms with van der Waals surface area (Å²) in [5, 5.41) is 4.48. The van der Waals surface area contributed by atoms with Crippen LogP contribution in [0.1, 0.15) is 21.5 Å². The molecule has 0 aliphatic rings. The van der Waals surface area contributed by atoms with Gasteiger partial charge in [-0.1, -0.05) is 35.9 Å². The predicted octanol–water partition coefficient (Wildman–Crippen LogP) is 3.42. The number of halogens is 1. The fourth-order valence-electron chi connectivity index (χ4n) is 1.79. The second kappa shape index (κ2) is 6.90. The third-order valence-electron chi connectivity index (χ3n) is 2.88. The summed E-state index contributed by atoms with van der Waals surface area (Å²) in [6.45, 7) is 1.93. The van der Waals surface area contributed by atoms with Crippen molar-refractivity contribution in [3.05, 3.63) is 64.2 Å². The first-order valence-electron chi connectivity index (χ1n) is 6.34. The van der Waals surface area contributed by atoms with Crippen LogP contribution in [-0.2, 0) is 0 Å². The predicted molar refractivity (Wildman–Crippen MR) is 84.2 cm³/mol. The maximum atomic E-state index is 12.1. The van der Waals surface area contributed by atoms with Crippen LogP contribution in [0.15, 0.2) is 47.6 Å². The van der Waals surface area contributed by atoms with Gasteiger partial charge in [0.15, 0.2) is 0 Å². The summed E-state index contributed by atoms with van der Waals surface area (Å²) in [6, 6.07) is 12.6. The smallest absolute Gasteiger partial charge is 0.275 e. The van der Waals surface area contributed by atoms with E-state index < -0.39 is 0 Å². The highest BCUT2D eigenvalue weighted by Gasteiger charge is 2.11. The van der Waals surface area contributed by atoms with E-state index in [4.69, 9.17) is 16.3 Å². The molecule has 5 heteroatoms. The first kappa shape index (κ1) is 15.1. The molecule has 4 nitrogen and oxygen atoms in total. The summed E-state index contributed by atoms with van der Waals surface area (Å²) in [5.41, 5.74) is 4.64. The maximum Gasteiger partial charge on any atom is 0.275 e. The molecule has 1 N–H and O–H groups in total. The zero-order chi connectivity index (χ0) is 15.2. The molecule has 0 fully saturated rings. The van der Waals surface area contributed by atoms with Crippen LogP contribution >= 0.6 is 11.6 Å². The Kier molecular flexibility index (Phi) is 4.95. The van der Waals surface area contributed by atoms with Crippen LogP contribution in [0, 0.1) is 6.92 Å². The molecule has 0 saturated carbocycles. The number of nitrogens with one attached hydrogen (secondary N) is 1. The molecule has 0 aromatic heterocycles. The Morgan fingerprint density at radius 1 is 1.29 bits per heavy atom. The number of hydrogen-bond donors (Lipinski definition) is 1. The van der Waals surface area contributed by atoms with Gasteiger partial charge in [0.1, 0.15) is 5.75 Å². The third kappa shape index (κ3) is 3.83. The number of hydrogen-bond acceptors (Lipinski definition) is 3. The Morgan fingerprint density at radius 2 is 2.05 bits per heavy atom. The van der Waals surface area contributed by atoms with E-state index in [1.165, 1.54) is 13.3 Å². The largest absolute Gasteiger partial charge is 0.496 e. The molecular formula is C16H15ClN2O2. The van der Waals surface area contributed by atoms with Gasteiger partial charge >= 0.3 is 0 Å². The fraction of sp³-hybridized carbons (Fsp3) is 0.125. The molecule has 0 radical (unpaired) electrons. The van der Waals surface area contributed by atoms with Crippen molar-refractivity contribution in [2.24, 2.45) is 5.10 Å². The topological polar surface area (TPSA) is 50.7 Å². The highest BCUT2D eigenvalue weighted by atomic mass is 35.5. The van der Waals surface area contributed by atoms with E-state index in [-0.39, 0.29) is 5.91 Å². The van der Waals surface area contributed by atoms with E-state index in [0.29, 0.717) is 16.3 Å². The van der Waals surface area contributed by atoms with Crippen LogP contribution in [0.3, 0.4) is 0 Å². The number of amides is 1. The average molecular weight is 303 g/mol. The number of rotatable bonds is 4. The lowest BCUT2D eigenvalue weighted by Gasteiger charge is -2.07. The van der Waals surface area contributed by atoms with Gasteiger partial charge in [0.05, 0.1) is 18.9 Å². The molecule has 0 saturated heterocycles. The standard InChI is InChI=1S/C16H15ClN2O2/c1-11-7-8-13(15(9-11)21-2)16(20)19-18-10-12-5-3-4-6-14(12)17/h3-10H,1-2H3,(H,19,20)/b18-10-. The van der Waals surface area contributed by atoms with Crippen LogP contribution in [0.2, 0.25) is 5.02 Å². The Hall–Kier alpha value is -2.33. The number of aryl methyl sites for hydroxylation is 1. The monoisotopic (exact) mass is 302 g/mol. The molecule has 0 spiro atoms. The van der Waals surface area contributed by atoms with Crippen molar-refractivity contribution in [2.75, 3.05) is 7.11 Å². The molecule has 0 aliphatic carbocycles. The van der Waals surface area contributed by atoms with E-state index in [0.717, 1.165) is 11.1 Å². The second-order valence-corrected chi connectivity index (χ2v) is 4.83. The lowest BCUT2D eigenvalue weighted by atomic mass is 10.1. The van der Waals surface area contributed by atoms with Crippen molar-refractivity contribution < 1.29 is 9.53 Å². The number of carbonyl (C=O) groups excluding carboxylic acids is 1. The summed E-state index contributed by atoms with van der Waals surface area (Å²) in [4.78, 5) is 12.1. The van der Waals surface area contributed by atoms with Crippen LogP contribution in [0.25, 0.3) is 0 Å². The zero-order valence-electron chi connectivity index (χ0n) is 11.8. The molecule has 0 heterocycles. The molecule has 2 rings (SSSR count). The third-order valence-corrected chi connectivity index (χ3v) is 3.22. The summed E-state index contributed by atoms with van der Waals surface area (Å²) in [6.07, 6.45) is 1.50. The number of nitrogens with zero attached hydrogens (tertiary/aromatic N) is 1. The van der Waals surface area contributed by atoms with Crippen LogP contribution in [0.4, 0.5) is 0 Å². The molecule has 0 atom stereocenters. The van der Waals surface area contributed by atoms with E-state index in [1.807, 2.05) is 31.2 Å². The molecule has 0 bridgehead atoms. The van der Waals surface area contributed by atoms with Crippen LogP contribution in [-0.4, -0.2) is 19.2 Å². The molecule has 1 amide bonds. The Labute approximate surface area is 128 Å². The Bertz CT molecular complexity index is 684. The first-order valence-corrected chi connectivity index (χ1v) is 6.72. The minimum atomic E-state index is -0.338. The van der Waals surface area contributed by atoms with E-state index in [9.17, 15) is 4.79 Å². The molecule has 2 aromatic rings. The first-order chi connectivity index (χ1) is 10.1. The normalized spacial score (nSPS) is 10.6. The number of hydrazone groups is 1. The number of carbonyl (C=O) groups is 1. The van der Waals surface area contributed by atoms with Gasteiger partial charge in [-0.05, 0) is 30.7 Å². The minimum Gasteiger partial charge on any atom is -0.496 e. The molecular weight excluding hydrogens is 288 g/mol. The number of ether oxygens (including phenoxy) is 1.